The Balaban J connectivity index is 3.19. The lowest BCUT2D eigenvalue weighted by Gasteiger charge is -2.33. The van der Waals surface area contributed by atoms with Gasteiger partial charge in [-0.2, -0.15) is 4.90 Å². The lowest BCUT2D eigenvalue weighted by molar-refractivity contribution is -0.147. The van der Waals surface area contributed by atoms with Gasteiger partial charge in [-0.25, -0.2) is 19.2 Å². The lowest BCUT2D eigenvalue weighted by atomic mass is 10.1. The maximum absolute atomic E-state index is 13.1. The molecule has 11 nitrogen and oxygen atoms in total. The van der Waals surface area contributed by atoms with Crippen LogP contribution in [0.4, 0.5) is 14.4 Å². The Kier molecular flexibility index (Phi) is 12.4. The van der Waals surface area contributed by atoms with E-state index in [2.05, 4.69) is 0 Å². The first-order valence-corrected chi connectivity index (χ1v) is 13.3. The van der Waals surface area contributed by atoms with Crippen molar-refractivity contribution in [3.63, 3.8) is 0 Å². The van der Waals surface area contributed by atoms with E-state index >= 15 is 0 Å². The highest BCUT2D eigenvalue weighted by molar-refractivity contribution is 5.94. The summed E-state index contributed by atoms with van der Waals surface area (Å²) in [4.78, 5) is 53.8. The number of aliphatic hydroxyl groups excluding tert-OH is 1. The zero-order valence-corrected chi connectivity index (χ0v) is 25.5. The molecule has 0 bridgehead atoms. The van der Waals surface area contributed by atoms with Crippen LogP contribution in [0.3, 0.4) is 0 Å². The number of benzene rings is 1. The highest BCUT2D eigenvalue weighted by Gasteiger charge is 2.41. The minimum absolute atomic E-state index is 0.0735. The third kappa shape index (κ3) is 13.1. The summed E-state index contributed by atoms with van der Waals surface area (Å²) in [6.45, 7) is 15.0. The highest BCUT2D eigenvalue weighted by atomic mass is 16.6. The number of ether oxygens (including phenoxy) is 4. The van der Waals surface area contributed by atoms with Gasteiger partial charge in [0.1, 0.15) is 22.8 Å². The summed E-state index contributed by atoms with van der Waals surface area (Å²) in [7, 11) is 1.12. The molecule has 0 radical (unpaired) electrons. The second-order valence-electron chi connectivity index (χ2n) is 12.4. The zero-order valence-electron chi connectivity index (χ0n) is 25.5. The fourth-order valence-corrected chi connectivity index (χ4v) is 3.47. The number of amides is 3. The van der Waals surface area contributed by atoms with Gasteiger partial charge in [-0.05, 0) is 80.7 Å². The van der Waals surface area contributed by atoms with Crippen LogP contribution < -0.4 is 0 Å². The van der Waals surface area contributed by atoms with Crippen LogP contribution in [0.15, 0.2) is 30.3 Å². The van der Waals surface area contributed by atoms with Crippen molar-refractivity contribution in [1.29, 1.82) is 0 Å². The van der Waals surface area contributed by atoms with Gasteiger partial charge in [0.05, 0.1) is 19.8 Å². The summed E-state index contributed by atoms with van der Waals surface area (Å²) < 4.78 is 21.1. The second kappa shape index (κ2) is 14.3. The van der Waals surface area contributed by atoms with Gasteiger partial charge in [0, 0.05) is 6.54 Å². The van der Waals surface area contributed by atoms with E-state index in [1.807, 2.05) is 30.3 Å². The van der Waals surface area contributed by atoms with Gasteiger partial charge in [0.2, 0.25) is 0 Å². The molecule has 0 aromatic heterocycles. The molecule has 3 amide bonds. The van der Waals surface area contributed by atoms with Crippen molar-refractivity contribution in [3.05, 3.63) is 35.9 Å². The molecular formula is C29H46N2O9. The summed E-state index contributed by atoms with van der Waals surface area (Å²) in [6, 6.07) is 7.76. The van der Waals surface area contributed by atoms with Crippen molar-refractivity contribution in [2.75, 3.05) is 13.7 Å². The van der Waals surface area contributed by atoms with Crippen LogP contribution in [-0.4, -0.2) is 81.8 Å². The smallest absolute Gasteiger partial charge is 0.420 e. The van der Waals surface area contributed by atoms with E-state index < -0.39 is 53.2 Å². The number of esters is 1. The largest absolute Gasteiger partial charge is 0.467 e. The number of carbonyl (C=O) groups is 4. The van der Waals surface area contributed by atoms with E-state index in [1.54, 1.807) is 62.3 Å². The van der Waals surface area contributed by atoms with Gasteiger partial charge in [0.15, 0.2) is 0 Å². The number of hydrogen-bond acceptors (Lipinski definition) is 9. The first kappa shape index (κ1) is 34.7. The van der Waals surface area contributed by atoms with Crippen LogP contribution in [0.25, 0.3) is 0 Å². The highest BCUT2D eigenvalue weighted by Crippen LogP contribution is 2.21. The molecule has 1 aromatic rings. The van der Waals surface area contributed by atoms with E-state index in [1.165, 1.54) is 4.90 Å². The maximum atomic E-state index is 13.1. The molecule has 1 aromatic carbocycles. The van der Waals surface area contributed by atoms with Crippen molar-refractivity contribution in [2.45, 2.75) is 111 Å². The topological polar surface area (TPSA) is 132 Å². The van der Waals surface area contributed by atoms with Crippen LogP contribution in [-0.2, 0) is 30.3 Å². The fraction of sp³-hybridized carbons (Fsp3) is 0.655. The Morgan fingerprint density at radius 1 is 0.750 bits per heavy atom. The molecule has 0 saturated carbocycles. The number of hydrogen-bond donors (Lipinski definition) is 1. The van der Waals surface area contributed by atoms with Crippen LogP contribution in [0.5, 0.6) is 0 Å². The zero-order chi connectivity index (χ0) is 30.9. The molecule has 0 unspecified atom stereocenters. The number of carbonyl (C=O) groups excluding carboxylic acids is 4. The predicted molar refractivity (Wildman–Crippen MR) is 148 cm³/mol. The first-order chi connectivity index (χ1) is 18.2. The van der Waals surface area contributed by atoms with Gasteiger partial charge in [-0.1, -0.05) is 30.3 Å². The summed E-state index contributed by atoms with van der Waals surface area (Å²) in [5, 5.41) is 10.9. The van der Waals surface area contributed by atoms with E-state index in [-0.39, 0.29) is 25.9 Å². The lowest BCUT2D eigenvalue weighted by Crippen LogP contribution is -2.52. The number of nitrogens with zero attached hydrogens (tertiary/aromatic N) is 2. The third-order valence-corrected chi connectivity index (χ3v) is 5.04. The maximum Gasteiger partial charge on any atom is 0.420 e. The van der Waals surface area contributed by atoms with Gasteiger partial charge in [-0.3, -0.25) is 0 Å². The van der Waals surface area contributed by atoms with Gasteiger partial charge in [0.25, 0.3) is 0 Å². The summed E-state index contributed by atoms with van der Waals surface area (Å²) in [5.74, 6) is -0.891. The van der Waals surface area contributed by atoms with Crippen molar-refractivity contribution in [2.24, 2.45) is 0 Å². The van der Waals surface area contributed by atoms with Crippen molar-refractivity contribution >= 4 is 24.2 Å². The Bertz CT molecular complexity index is 963. The summed E-state index contributed by atoms with van der Waals surface area (Å²) in [6.07, 6.45) is -4.20. The normalized spacial score (nSPS) is 13.5. The van der Waals surface area contributed by atoms with E-state index in [0.29, 0.717) is 4.90 Å². The first-order valence-electron chi connectivity index (χ1n) is 13.3. The molecule has 2 atom stereocenters. The van der Waals surface area contributed by atoms with Crippen LogP contribution in [0.2, 0.25) is 0 Å². The van der Waals surface area contributed by atoms with Gasteiger partial charge >= 0.3 is 24.2 Å². The van der Waals surface area contributed by atoms with Gasteiger partial charge in [-0.15, -0.1) is 0 Å². The molecule has 0 aliphatic carbocycles. The molecular weight excluding hydrogens is 520 g/mol. The minimum Gasteiger partial charge on any atom is -0.467 e. The Hall–Kier alpha value is -3.34. The molecule has 0 saturated heterocycles. The predicted octanol–water partition coefficient (Wildman–Crippen LogP) is 5.28. The van der Waals surface area contributed by atoms with E-state index in [9.17, 15) is 24.3 Å². The standard InChI is InChI=1S/C29H46N2O9/c1-27(2,3)38-24(34)30(18-20-14-12-11-13-15-20)19-21(32)16-17-22(23(33)37-10)31(25(35)39-28(4,5)6)26(36)40-29(7,8)9/h11-15,21-22,32H,16-19H2,1-10H3/t21-,22-/m0/s1. The van der Waals surface area contributed by atoms with Gasteiger partial charge < -0.3 is 29.0 Å². The molecule has 11 heteroatoms. The Morgan fingerprint density at radius 2 is 1.20 bits per heavy atom. The second-order valence-corrected chi connectivity index (χ2v) is 12.4. The van der Waals surface area contributed by atoms with Crippen LogP contribution in [0.1, 0.15) is 80.7 Å². The van der Waals surface area contributed by atoms with Crippen molar-refractivity contribution in [1.82, 2.24) is 9.80 Å². The molecule has 0 spiro atoms. The van der Waals surface area contributed by atoms with Crippen molar-refractivity contribution < 1.29 is 43.2 Å². The molecule has 1 N–H and O–H groups in total. The van der Waals surface area contributed by atoms with Crippen LogP contribution in [0, 0.1) is 0 Å². The molecule has 0 heterocycles. The Morgan fingerprint density at radius 3 is 1.62 bits per heavy atom. The molecule has 40 heavy (non-hydrogen) atoms. The van der Waals surface area contributed by atoms with Crippen LogP contribution >= 0.6 is 0 Å². The summed E-state index contributed by atoms with van der Waals surface area (Å²) >= 11 is 0. The molecule has 0 aliphatic heterocycles. The van der Waals surface area contributed by atoms with E-state index in [0.717, 1.165) is 12.7 Å². The number of aliphatic hydroxyl groups is 1. The monoisotopic (exact) mass is 566 g/mol. The third-order valence-electron chi connectivity index (χ3n) is 5.04. The quantitative estimate of drug-likeness (QED) is 0.313. The molecule has 1 rings (SSSR count). The average molecular weight is 567 g/mol. The SMILES string of the molecule is COC(=O)[C@H](CC[C@H](O)CN(Cc1ccccc1)C(=O)OC(C)(C)C)N(C(=O)OC(C)(C)C)C(=O)OC(C)(C)C. The van der Waals surface area contributed by atoms with E-state index in [4.69, 9.17) is 18.9 Å². The number of rotatable bonds is 9. The summed E-state index contributed by atoms with van der Waals surface area (Å²) in [5.41, 5.74) is -1.87. The minimum atomic E-state index is -1.45. The molecule has 0 aliphatic rings. The van der Waals surface area contributed by atoms with Crippen molar-refractivity contribution in [3.8, 4) is 0 Å². The molecule has 0 fully saturated rings. The number of methoxy groups -OCH3 is 1. The molecule has 226 valence electrons. The fourth-order valence-electron chi connectivity index (χ4n) is 3.47. The number of imide groups is 1. The average Bonchev–Trinajstić information content (AvgIpc) is 2.77. The Labute approximate surface area is 237 Å².